The number of benzene rings is 3. The summed E-state index contributed by atoms with van der Waals surface area (Å²) in [5, 5.41) is 2.30. The largest absolute Gasteiger partial charge is 0.322 e. The van der Waals surface area contributed by atoms with Gasteiger partial charge in [0.25, 0.3) is 5.91 Å². The third-order valence-corrected chi connectivity index (χ3v) is 8.97. The smallest absolute Gasteiger partial charge is 0.258 e. The first-order chi connectivity index (χ1) is 19.5. The molecule has 5 heterocycles. The quantitative estimate of drug-likeness (QED) is 0.486. The van der Waals surface area contributed by atoms with Crippen molar-refractivity contribution in [2.45, 2.75) is 56.5 Å². The third kappa shape index (κ3) is 4.32. The second kappa shape index (κ2) is 9.94. The van der Waals surface area contributed by atoms with Crippen LogP contribution in [0.15, 0.2) is 72.8 Å². The molecule has 0 spiro atoms. The number of hydrogen-bond acceptors (Lipinski definition) is 5. The number of imide groups is 1. The van der Waals surface area contributed by atoms with Gasteiger partial charge >= 0.3 is 0 Å². The highest BCUT2D eigenvalue weighted by molar-refractivity contribution is 6.05. The molecule has 4 saturated heterocycles. The van der Waals surface area contributed by atoms with Gasteiger partial charge in [-0.05, 0) is 41.2 Å². The highest BCUT2D eigenvalue weighted by Gasteiger charge is 2.47. The number of piperazine rings is 1. The van der Waals surface area contributed by atoms with Gasteiger partial charge in [-0.1, -0.05) is 66.7 Å². The second-order valence-corrected chi connectivity index (χ2v) is 11.4. The number of hydrogen-bond donors (Lipinski definition) is 1. The number of halogens is 1. The van der Waals surface area contributed by atoms with E-state index in [-0.39, 0.29) is 36.9 Å². The molecule has 4 fully saturated rings. The Morgan fingerprint density at radius 3 is 2.17 bits per heavy atom. The summed E-state index contributed by atoms with van der Waals surface area (Å²) in [4.78, 5) is 43.4. The molecule has 0 aromatic heterocycles. The van der Waals surface area contributed by atoms with Crippen molar-refractivity contribution in [3.63, 3.8) is 0 Å². The lowest BCUT2D eigenvalue weighted by Gasteiger charge is -2.58. The van der Waals surface area contributed by atoms with E-state index in [0.29, 0.717) is 24.2 Å². The second-order valence-electron chi connectivity index (χ2n) is 11.4. The molecular formula is C32H31FN4O3. The summed E-state index contributed by atoms with van der Waals surface area (Å²) in [5.74, 6) is -1.83. The van der Waals surface area contributed by atoms with Gasteiger partial charge in [-0.2, -0.15) is 0 Å². The maximum absolute atomic E-state index is 15.3. The van der Waals surface area contributed by atoms with E-state index in [4.69, 9.17) is 0 Å². The van der Waals surface area contributed by atoms with Crippen molar-refractivity contribution in [3.8, 4) is 0 Å². The van der Waals surface area contributed by atoms with Crippen LogP contribution in [0.4, 0.5) is 4.39 Å². The molecule has 40 heavy (non-hydrogen) atoms. The molecule has 3 amide bonds. The van der Waals surface area contributed by atoms with Gasteiger partial charge in [-0.15, -0.1) is 0 Å². The van der Waals surface area contributed by atoms with E-state index in [9.17, 15) is 14.4 Å². The number of piperidine rings is 2. The van der Waals surface area contributed by atoms with Crippen molar-refractivity contribution in [2.75, 3.05) is 13.1 Å². The lowest BCUT2D eigenvalue weighted by molar-refractivity contribution is -0.136. The molecule has 5 aliphatic heterocycles. The van der Waals surface area contributed by atoms with E-state index < -0.39 is 23.7 Å². The maximum atomic E-state index is 15.3. The van der Waals surface area contributed by atoms with Crippen LogP contribution in [0.25, 0.3) is 0 Å². The van der Waals surface area contributed by atoms with Crippen LogP contribution >= 0.6 is 0 Å². The molecule has 8 rings (SSSR count). The summed E-state index contributed by atoms with van der Waals surface area (Å²) < 4.78 is 15.3. The Morgan fingerprint density at radius 2 is 1.55 bits per heavy atom. The van der Waals surface area contributed by atoms with Crippen molar-refractivity contribution < 1.29 is 18.8 Å². The number of rotatable bonds is 6. The van der Waals surface area contributed by atoms with Crippen molar-refractivity contribution in [1.29, 1.82) is 0 Å². The zero-order valence-electron chi connectivity index (χ0n) is 22.1. The number of carbonyl (C=O) groups is 3. The van der Waals surface area contributed by atoms with Gasteiger partial charge in [0.2, 0.25) is 11.8 Å². The summed E-state index contributed by atoms with van der Waals surface area (Å²) in [5.41, 5.74) is 4.09. The third-order valence-electron chi connectivity index (χ3n) is 8.97. The maximum Gasteiger partial charge on any atom is 0.258 e. The molecule has 2 bridgehead atoms. The number of amides is 3. The Balaban J connectivity index is 1.07. The molecule has 3 aromatic carbocycles. The van der Waals surface area contributed by atoms with Crippen molar-refractivity contribution >= 4 is 17.7 Å². The highest BCUT2D eigenvalue weighted by Crippen LogP contribution is 2.40. The van der Waals surface area contributed by atoms with Gasteiger partial charge in [0.05, 0.1) is 11.6 Å². The summed E-state index contributed by atoms with van der Waals surface area (Å²) in [6.45, 7) is 2.67. The number of fused-ring (bicyclic) bond motifs is 3. The topological polar surface area (TPSA) is 73.0 Å². The Bertz CT molecular complexity index is 1430. The Morgan fingerprint density at radius 1 is 0.900 bits per heavy atom. The predicted molar refractivity (Wildman–Crippen MR) is 146 cm³/mol. The van der Waals surface area contributed by atoms with E-state index in [1.54, 1.807) is 0 Å². The van der Waals surface area contributed by atoms with Gasteiger partial charge in [-0.25, -0.2) is 4.39 Å². The number of carbonyl (C=O) groups excluding carboxylic acids is 3. The molecule has 1 N–H and O–H groups in total. The van der Waals surface area contributed by atoms with Crippen molar-refractivity contribution in [2.24, 2.45) is 0 Å². The molecular weight excluding hydrogens is 507 g/mol. The van der Waals surface area contributed by atoms with E-state index >= 15 is 4.39 Å². The monoisotopic (exact) mass is 538 g/mol. The van der Waals surface area contributed by atoms with Gasteiger partial charge < -0.3 is 4.90 Å². The zero-order valence-corrected chi connectivity index (χ0v) is 22.1. The van der Waals surface area contributed by atoms with Crippen molar-refractivity contribution in [1.82, 2.24) is 20.0 Å². The van der Waals surface area contributed by atoms with Gasteiger partial charge in [0, 0.05) is 44.7 Å². The first-order valence-electron chi connectivity index (χ1n) is 14.0. The first kappa shape index (κ1) is 25.1. The van der Waals surface area contributed by atoms with Gasteiger partial charge in [-0.3, -0.25) is 29.5 Å². The molecule has 7 nitrogen and oxygen atoms in total. The molecule has 3 atom stereocenters. The van der Waals surface area contributed by atoms with Crippen LogP contribution in [-0.4, -0.2) is 63.6 Å². The fourth-order valence-electron chi connectivity index (χ4n) is 7.10. The summed E-state index contributed by atoms with van der Waals surface area (Å²) >= 11 is 0. The van der Waals surface area contributed by atoms with E-state index in [1.807, 2.05) is 18.2 Å². The normalized spacial score (nSPS) is 24.7. The Labute approximate surface area is 232 Å². The standard InChI is InChI=1S/C32H31FN4O3/c33-26-14-20(13-23-17-37(32(40)29(23)26)27-11-12-28(38)34-31(27)39)16-36-24-15-25(36)19-35(18-24)30(21-7-3-1-4-8-21)22-9-5-2-6-10-22/h1-10,13-14,24-25,27,30H,11-12,15-19H2,(H,34,38,39). The van der Waals surface area contributed by atoms with Crippen LogP contribution in [0, 0.1) is 5.82 Å². The van der Waals surface area contributed by atoms with Crippen molar-refractivity contribution in [3.05, 3.63) is 106 Å². The SMILES string of the molecule is O=C1CCC(N2Cc3cc(CN4C5CC4CN(C(c4ccccc4)c4ccccc4)C5)cc(F)c3C2=O)C(=O)N1. The number of nitrogens with one attached hydrogen (secondary N) is 1. The fraction of sp³-hybridized carbons (Fsp3) is 0.344. The molecule has 0 radical (unpaired) electrons. The lowest BCUT2D eigenvalue weighted by Crippen LogP contribution is -2.68. The van der Waals surface area contributed by atoms with Gasteiger partial charge in [0.15, 0.2) is 0 Å². The Hall–Kier alpha value is -3.88. The minimum atomic E-state index is -0.747. The molecule has 0 aliphatic carbocycles. The van der Waals surface area contributed by atoms with Crippen LogP contribution in [0.3, 0.4) is 0 Å². The van der Waals surface area contributed by atoms with E-state index in [0.717, 1.165) is 25.1 Å². The molecule has 5 aliphatic rings. The minimum Gasteiger partial charge on any atom is -0.322 e. The Kier molecular flexibility index (Phi) is 6.24. The summed E-state index contributed by atoms with van der Waals surface area (Å²) in [7, 11) is 0. The van der Waals surface area contributed by atoms with E-state index in [1.165, 1.54) is 22.1 Å². The predicted octanol–water partition coefficient (Wildman–Crippen LogP) is 3.63. The van der Waals surface area contributed by atoms with Crippen LogP contribution in [-0.2, 0) is 22.7 Å². The summed E-state index contributed by atoms with van der Waals surface area (Å²) in [6.07, 6.45) is 1.57. The fourth-order valence-corrected chi connectivity index (χ4v) is 7.10. The lowest BCUT2D eigenvalue weighted by atomic mass is 9.84. The molecule has 8 heteroatoms. The highest BCUT2D eigenvalue weighted by atomic mass is 19.1. The van der Waals surface area contributed by atoms with Gasteiger partial charge in [0.1, 0.15) is 11.9 Å². The van der Waals surface area contributed by atoms with Crippen LogP contribution in [0.5, 0.6) is 0 Å². The zero-order chi connectivity index (χ0) is 27.4. The molecule has 204 valence electrons. The molecule has 3 aromatic rings. The molecule has 0 saturated carbocycles. The average molecular weight is 539 g/mol. The average Bonchev–Trinajstić information content (AvgIpc) is 3.29. The van der Waals surface area contributed by atoms with Crippen LogP contribution in [0.2, 0.25) is 0 Å². The first-order valence-corrected chi connectivity index (χ1v) is 14.0. The van der Waals surface area contributed by atoms with Crippen LogP contribution < -0.4 is 5.32 Å². The summed E-state index contributed by atoms with van der Waals surface area (Å²) in [6, 6.07) is 24.9. The van der Waals surface area contributed by atoms with Crippen LogP contribution in [0.1, 0.15) is 57.9 Å². The molecule has 3 unspecified atom stereocenters. The van der Waals surface area contributed by atoms with E-state index in [2.05, 4.69) is 63.6 Å². The minimum absolute atomic E-state index is 0.0528. The number of nitrogens with zero attached hydrogens (tertiary/aromatic N) is 3.